The van der Waals surface area contributed by atoms with Gasteiger partial charge in [-0.25, -0.2) is 12.8 Å². The molecular formula is C11H7FN2O2S. The molecule has 0 bridgehead atoms. The third kappa shape index (κ3) is 3.13. The Kier molecular flexibility index (Phi) is 3.62. The van der Waals surface area contributed by atoms with Gasteiger partial charge in [-0.15, -0.1) is 0 Å². The molecule has 0 aliphatic carbocycles. The Bertz CT molecular complexity index is 648. The zero-order chi connectivity index (χ0) is 13.1. The Balaban J connectivity index is 3.32. The molecule has 0 aromatic heterocycles. The molecule has 0 heterocycles. The lowest BCUT2D eigenvalue weighted by Crippen LogP contribution is -1.98. The molecule has 6 heteroatoms. The quantitative estimate of drug-likeness (QED) is 0.747. The largest absolute Gasteiger partial charge is 0.224 e. The van der Waals surface area contributed by atoms with Crippen LogP contribution in [0.25, 0.3) is 6.08 Å². The van der Waals surface area contributed by atoms with Gasteiger partial charge >= 0.3 is 0 Å². The molecule has 1 rings (SSSR count). The van der Waals surface area contributed by atoms with Crippen LogP contribution in [0.2, 0.25) is 0 Å². The third-order valence-electron chi connectivity index (χ3n) is 1.94. The Morgan fingerprint density at radius 3 is 2.35 bits per heavy atom. The average Bonchev–Trinajstić information content (AvgIpc) is 2.26. The van der Waals surface area contributed by atoms with Crippen LogP contribution in [-0.4, -0.2) is 14.7 Å². The first-order valence-electron chi connectivity index (χ1n) is 4.40. The van der Waals surface area contributed by atoms with Gasteiger partial charge in [0.25, 0.3) is 0 Å². The highest BCUT2D eigenvalue weighted by Gasteiger charge is 2.10. The fraction of sp³-hybridized carbons (Fsp3) is 0.0909. The first-order chi connectivity index (χ1) is 7.88. The molecular weight excluding hydrogens is 243 g/mol. The van der Waals surface area contributed by atoms with Crippen molar-refractivity contribution in [3.8, 4) is 12.1 Å². The van der Waals surface area contributed by atoms with Crippen LogP contribution >= 0.6 is 0 Å². The third-order valence-corrected chi connectivity index (χ3v) is 3.05. The van der Waals surface area contributed by atoms with Gasteiger partial charge in [0.05, 0.1) is 4.90 Å². The average molecular weight is 250 g/mol. The summed E-state index contributed by atoms with van der Waals surface area (Å²) in [5.41, 5.74) is -0.258. The van der Waals surface area contributed by atoms with Gasteiger partial charge in [0, 0.05) is 11.8 Å². The normalized spacial score (nSPS) is 10.1. The number of halogens is 1. The van der Waals surface area contributed by atoms with E-state index in [1.54, 1.807) is 12.1 Å². The number of nitrogens with zero attached hydrogens (tertiary/aromatic N) is 2. The summed E-state index contributed by atoms with van der Waals surface area (Å²) in [5, 5.41) is 17.0. The summed E-state index contributed by atoms with van der Waals surface area (Å²) >= 11 is 0. The van der Waals surface area contributed by atoms with Crippen molar-refractivity contribution in [2.24, 2.45) is 0 Å². The maximum atomic E-state index is 13.5. The van der Waals surface area contributed by atoms with Crippen molar-refractivity contribution in [3.63, 3.8) is 0 Å². The van der Waals surface area contributed by atoms with E-state index in [1.165, 1.54) is 12.1 Å². The molecule has 0 spiro atoms. The number of nitriles is 2. The Labute approximate surface area is 98.1 Å². The van der Waals surface area contributed by atoms with E-state index in [4.69, 9.17) is 10.5 Å². The lowest BCUT2D eigenvalue weighted by molar-refractivity contribution is 0.595. The minimum Gasteiger partial charge on any atom is -0.224 e. The van der Waals surface area contributed by atoms with Crippen LogP contribution in [0, 0.1) is 28.5 Å². The second-order valence-corrected chi connectivity index (χ2v) is 5.25. The van der Waals surface area contributed by atoms with E-state index >= 15 is 0 Å². The van der Waals surface area contributed by atoms with E-state index in [0.717, 1.165) is 18.4 Å². The lowest BCUT2D eigenvalue weighted by atomic mass is 10.1. The van der Waals surface area contributed by atoms with Gasteiger partial charge in [-0.1, -0.05) is 6.07 Å². The molecule has 0 saturated heterocycles. The fourth-order valence-corrected chi connectivity index (χ4v) is 1.73. The molecule has 0 aliphatic rings. The van der Waals surface area contributed by atoms with E-state index < -0.39 is 15.7 Å². The molecule has 17 heavy (non-hydrogen) atoms. The van der Waals surface area contributed by atoms with Gasteiger partial charge in [0.15, 0.2) is 9.84 Å². The molecule has 0 N–H and O–H groups in total. The molecule has 1 aromatic carbocycles. The van der Waals surface area contributed by atoms with Gasteiger partial charge in [0.2, 0.25) is 0 Å². The summed E-state index contributed by atoms with van der Waals surface area (Å²) in [5.74, 6) is -0.795. The maximum Gasteiger partial charge on any atom is 0.175 e. The predicted molar refractivity (Wildman–Crippen MR) is 58.7 cm³/mol. The maximum absolute atomic E-state index is 13.5. The zero-order valence-corrected chi connectivity index (χ0v) is 9.62. The second-order valence-electron chi connectivity index (χ2n) is 3.24. The number of rotatable bonds is 2. The summed E-state index contributed by atoms with van der Waals surface area (Å²) in [6.07, 6.45) is 2.02. The minimum atomic E-state index is -3.47. The molecule has 0 fully saturated rings. The lowest BCUT2D eigenvalue weighted by Gasteiger charge is -2.01. The summed E-state index contributed by atoms with van der Waals surface area (Å²) in [6.45, 7) is 0. The van der Waals surface area contributed by atoms with Crippen molar-refractivity contribution >= 4 is 15.9 Å². The van der Waals surface area contributed by atoms with Crippen LogP contribution in [0.1, 0.15) is 5.56 Å². The number of sulfone groups is 1. The molecule has 86 valence electrons. The van der Waals surface area contributed by atoms with Crippen LogP contribution in [0.4, 0.5) is 4.39 Å². The molecule has 0 atom stereocenters. The second kappa shape index (κ2) is 4.77. The van der Waals surface area contributed by atoms with Crippen molar-refractivity contribution in [2.45, 2.75) is 4.90 Å². The molecule has 0 saturated carbocycles. The van der Waals surface area contributed by atoms with E-state index in [-0.39, 0.29) is 16.0 Å². The van der Waals surface area contributed by atoms with Crippen LogP contribution < -0.4 is 0 Å². The van der Waals surface area contributed by atoms with E-state index in [1.807, 2.05) is 0 Å². The molecule has 0 aliphatic heterocycles. The van der Waals surface area contributed by atoms with Crippen molar-refractivity contribution < 1.29 is 12.8 Å². The van der Waals surface area contributed by atoms with Gasteiger partial charge < -0.3 is 0 Å². The monoisotopic (exact) mass is 250 g/mol. The van der Waals surface area contributed by atoms with E-state index in [9.17, 15) is 12.8 Å². The molecule has 0 unspecified atom stereocenters. The van der Waals surface area contributed by atoms with Crippen molar-refractivity contribution in [1.29, 1.82) is 10.5 Å². The van der Waals surface area contributed by atoms with Crippen molar-refractivity contribution in [3.05, 3.63) is 35.2 Å². The number of hydrogen-bond donors (Lipinski definition) is 0. The number of benzene rings is 1. The first kappa shape index (κ1) is 12.9. The van der Waals surface area contributed by atoms with Gasteiger partial charge in [0.1, 0.15) is 23.5 Å². The van der Waals surface area contributed by atoms with E-state index in [0.29, 0.717) is 0 Å². The molecule has 0 amide bonds. The van der Waals surface area contributed by atoms with Crippen LogP contribution in [0.15, 0.2) is 28.7 Å². The van der Waals surface area contributed by atoms with E-state index in [2.05, 4.69) is 0 Å². The smallest absolute Gasteiger partial charge is 0.175 e. The predicted octanol–water partition coefficient (Wildman–Crippen LogP) is 1.66. The first-order valence-corrected chi connectivity index (χ1v) is 6.29. The van der Waals surface area contributed by atoms with Crippen molar-refractivity contribution in [2.75, 3.05) is 6.26 Å². The standard InChI is InChI=1S/C11H7FN2O2S/c1-17(15,16)10-3-2-9(11(12)5-10)4-8(6-13)7-14/h2-5H,1H3. The molecule has 0 radical (unpaired) electrons. The fourth-order valence-electron chi connectivity index (χ4n) is 1.10. The Morgan fingerprint density at radius 2 is 1.94 bits per heavy atom. The topological polar surface area (TPSA) is 81.7 Å². The zero-order valence-electron chi connectivity index (χ0n) is 8.81. The van der Waals surface area contributed by atoms with Crippen molar-refractivity contribution in [1.82, 2.24) is 0 Å². The van der Waals surface area contributed by atoms with Crippen LogP contribution in [-0.2, 0) is 9.84 Å². The summed E-state index contributed by atoms with van der Waals surface area (Å²) in [7, 11) is -3.47. The Hall–Kier alpha value is -2.18. The Morgan fingerprint density at radius 1 is 1.35 bits per heavy atom. The summed E-state index contributed by atoms with van der Waals surface area (Å²) < 4.78 is 35.8. The highest BCUT2D eigenvalue weighted by Crippen LogP contribution is 2.17. The van der Waals surface area contributed by atoms with Crippen LogP contribution in [0.5, 0.6) is 0 Å². The highest BCUT2D eigenvalue weighted by atomic mass is 32.2. The summed E-state index contributed by atoms with van der Waals surface area (Å²) in [6, 6.07) is 6.46. The van der Waals surface area contributed by atoms with Gasteiger partial charge in [-0.2, -0.15) is 10.5 Å². The highest BCUT2D eigenvalue weighted by molar-refractivity contribution is 7.90. The molecule has 1 aromatic rings. The number of allylic oxidation sites excluding steroid dienone is 1. The molecule has 4 nitrogen and oxygen atoms in total. The minimum absolute atomic E-state index is 0.00417. The SMILES string of the molecule is CS(=O)(=O)c1ccc(C=C(C#N)C#N)c(F)c1. The van der Waals surface area contributed by atoms with Crippen LogP contribution in [0.3, 0.4) is 0 Å². The van der Waals surface area contributed by atoms with Gasteiger partial charge in [-0.3, -0.25) is 0 Å². The number of hydrogen-bond acceptors (Lipinski definition) is 4. The summed E-state index contributed by atoms with van der Waals surface area (Å²) in [4.78, 5) is -0.150. The van der Waals surface area contributed by atoms with Gasteiger partial charge in [-0.05, 0) is 18.2 Å².